The van der Waals surface area contributed by atoms with E-state index < -0.39 is 0 Å². The smallest absolute Gasteiger partial charge is 0.146 e. The van der Waals surface area contributed by atoms with Gasteiger partial charge >= 0.3 is 0 Å². The maximum atomic E-state index is 5.97. The summed E-state index contributed by atoms with van der Waals surface area (Å²) in [4.78, 5) is 4.63. The van der Waals surface area contributed by atoms with Gasteiger partial charge < -0.3 is 15.8 Å². The number of aromatic nitrogens is 1. The van der Waals surface area contributed by atoms with Crippen LogP contribution >= 0.6 is 0 Å². The molecule has 4 nitrogen and oxygen atoms in total. The van der Waals surface area contributed by atoms with E-state index in [2.05, 4.69) is 23.3 Å². The highest BCUT2D eigenvalue weighted by molar-refractivity contribution is 5.91. The van der Waals surface area contributed by atoms with Crippen molar-refractivity contribution >= 4 is 28.1 Å². The number of nitrogen functional groups attached to an aromatic ring is 1. The van der Waals surface area contributed by atoms with Gasteiger partial charge in [0.15, 0.2) is 0 Å². The molecular formula is C18H17N3O. The number of rotatable bonds is 2. The molecule has 0 spiro atoms. The van der Waals surface area contributed by atoms with Gasteiger partial charge in [0.1, 0.15) is 17.7 Å². The van der Waals surface area contributed by atoms with Crippen LogP contribution in [0.2, 0.25) is 0 Å². The van der Waals surface area contributed by atoms with Gasteiger partial charge in [-0.3, -0.25) is 0 Å². The number of fused-ring (bicyclic) bond motifs is 2. The largest absolute Gasteiger partial charge is 0.488 e. The number of nitrogens with two attached hydrogens (primary N) is 1. The second kappa shape index (κ2) is 4.91. The minimum absolute atomic E-state index is 0.224. The Kier molecular flexibility index (Phi) is 2.89. The lowest BCUT2D eigenvalue weighted by molar-refractivity contribution is 0.256. The van der Waals surface area contributed by atoms with Crippen LogP contribution in [-0.2, 0) is 6.42 Å². The van der Waals surface area contributed by atoms with Crippen LogP contribution in [0.4, 0.5) is 17.2 Å². The molecule has 1 aliphatic rings. The van der Waals surface area contributed by atoms with Crippen LogP contribution in [-0.4, -0.2) is 11.1 Å². The van der Waals surface area contributed by atoms with E-state index in [1.54, 1.807) is 0 Å². The molecule has 0 saturated carbocycles. The molecule has 4 rings (SSSR count). The van der Waals surface area contributed by atoms with Gasteiger partial charge in [-0.25, -0.2) is 4.98 Å². The van der Waals surface area contributed by atoms with Crippen molar-refractivity contribution in [2.45, 2.75) is 19.4 Å². The van der Waals surface area contributed by atoms with Gasteiger partial charge in [-0.2, -0.15) is 0 Å². The number of nitrogens with zero attached hydrogens (tertiary/aromatic N) is 1. The summed E-state index contributed by atoms with van der Waals surface area (Å²) in [5, 5.41) is 4.33. The average molecular weight is 291 g/mol. The molecule has 3 aromatic rings. The van der Waals surface area contributed by atoms with Crippen LogP contribution in [0.3, 0.4) is 0 Å². The Labute approximate surface area is 128 Å². The molecule has 0 saturated heterocycles. The second-order valence-corrected chi connectivity index (χ2v) is 5.66. The first kappa shape index (κ1) is 13.0. The third kappa shape index (κ3) is 2.13. The van der Waals surface area contributed by atoms with E-state index in [1.807, 2.05) is 42.5 Å². The molecule has 0 amide bonds. The summed E-state index contributed by atoms with van der Waals surface area (Å²) in [6.07, 6.45) is 1.18. The van der Waals surface area contributed by atoms with Crippen molar-refractivity contribution in [2.75, 3.05) is 11.1 Å². The predicted octanol–water partition coefficient (Wildman–Crippen LogP) is 3.88. The van der Waals surface area contributed by atoms with E-state index >= 15 is 0 Å². The molecule has 1 unspecified atom stereocenters. The number of hydrogen-bond acceptors (Lipinski definition) is 4. The first-order chi connectivity index (χ1) is 10.7. The SMILES string of the molecule is CC1Cc2cccc(Nc3ccc4c(N)cccc4n3)c2O1. The minimum Gasteiger partial charge on any atom is -0.488 e. The quantitative estimate of drug-likeness (QED) is 0.703. The molecule has 3 N–H and O–H groups in total. The first-order valence-corrected chi connectivity index (χ1v) is 7.41. The Hall–Kier alpha value is -2.75. The predicted molar refractivity (Wildman–Crippen MR) is 89.7 cm³/mol. The molecule has 110 valence electrons. The van der Waals surface area contributed by atoms with Gasteiger partial charge in [-0.1, -0.05) is 18.2 Å². The van der Waals surface area contributed by atoms with E-state index in [0.29, 0.717) is 0 Å². The maximum Gasteiger partial charge on any atom is 0.146 e. The van der Waals surface area contributed by atoms with E-state index in [0.717, 1.165) is 40.3 Å². The van der Waals surface area contributed by atoms with Gasteiger partial charge in [0.2, 0.25) is 0 Å². The molecule has 0 fully saturated rings. The lowest BCUT2D eigenvalue weighted by atomic mass is 10.1. The van der Waals surface area contributed by atoms with Crippen LogP contribution < -0.4 is 15.8 Å². The number of benzene rings is 2. The fourth-order valence-corrected chi connectivity index (χ4v) is 2.92. The van der Waals surface area contributed by atoms with Crippen molar-refractivity contribution in [1.29, 1.82) is 0 Å². The Bertz CT molecular complexity index is 860. The second-order valence-electron chi connectivity index (χ2n) is 5.66. The van der Waals surface area contributed by atoms with Crippen molar-refractivity contribution in [3.8, 4) is 5.75 Å². The summed E-state index contributed by atoms with van der Waals surface area (Å²) in [6.45, 7) is 2.08. The van der Waals surface area contributed by atoms with Gasteiger partial charge in [0.25, 0.3) is 0 Å². The summed E-state index contributed by atoms with van der Waals surface area (Å²) in [5.74, 6) is 1.72. The summed E-state index contributed by atoms with van der Waals surface area (Å²) in [5.41, 5.74) is 9.79. The van der Waals surface area contributed by atoms with Crippen molar-refractivity contribution in [2.24, 2.45) is 0 Å². The zero-order valence-electron chi connectivity index (χ0n) is 12.3. The summed E-state index contributed by atoms with van der Waals surface area (Å²) >= 11 is 0. The summed E-state index contributed by atoms with van der Waals surface area (Å²) in [7, 11) is 0. The Balaban J connectivity index is 1.72. The number of anilines is 3. The van der Waals surface area contributed by atoms with Crippen LogP contribution in [0, 0.1) is 0 Å². The fourth-order valence-electron chi connectivity index (χ4n) is 2.92. The number of ether oxygens (including phenoxy) is 1. The van der Waals surface area contributed by atoms with E-state index in [4.69, 9.17) is 10.5 Å². The lowest BCUT2D eigenvalue weighted by Gasteiger charge is -2.12. The fraction of sp³-hybridized carbons (Fsp3) is 0.167. The molecule has 0 aliphatic carbocycles. The number of hydrogen-bond donors (Lipinski definition) is 2. The topological polar surface area (TPSA) is 60.2 Å². The number of para-hydroxylation sites is 1. The van der Waals surface area contributed by atoms with Crippen molar-refractivity contribution < 1.29 is 4.74 Å². The molecule has 2 heterocycles. The molecule has 1 aliphatic heterocycles. The molecule has 1 aromatic heterocycles. The van der Waals surface area contributed by atoms with Crippen molar-refractivity contribution in [3.05, 3.63) is 54.1 Å². The number of pyridine rings is 1. The molecule has 4 heteroatoms. The van der Waals surface area contributed by atoms with Gasteiger partial charge in [0.05, 0.1) is 11.2 Å². The molecule has 1 atom stereocenters. The summed E-state index contributed by atoms with van der Waals surface area (Å²) in [6, 6.07) is 15.9. The summed E-state index contributed by atoms with van der Waals surface area (Å²) < 4.78 is 5.91. The lowest BCUT2D eigenvalue weighted by Crippen LogP contribution is -2.06. The van der Waals surface area contributed by atoms with E-state index in [-0.39, 0.29) is 6.10 Å². The zero-order valence-corrected chi connectivity index (χ0v) is 12.3. The van der Waals surface area contributed by atoms with Crippen LogP contribution in [0.15, 0.2) is 48.5 Å². The minimum atomic E-state index is 0.224. The highest BCUT2D eigenvalue weighted by Gasteiger charge is 2.21. The number of nitrogens with one attached hydrogen (secondary N) is 1. The Morgan fingerprint density at radius 3 is 2.91 bits per heavy atom. The Morgan fingerprint density at radius 1 is 1.14 bits per heavy atom. The van der Waals surface area contributed by atoms with Gasteiger partial charge in [-0.15, -0.1) is 0 Å². The highest BCUT2D eigenvalue weighted by atomic mass is 16.5. The maximum absolute atomic E-state index is 5.97. The third-order valence-corrected chi connectivity index (χ3v) is 3.95. The van der Waals surface area contributed by atoms with Crippen LogP contribution in [0.1, 0.15) is 12.5 Å². The average Bonchev–Trinajstić information content (AvgIpc) is 2.89. The Morgan fingerprint density at radius 2 is 2.00 bits per heavy atom. The monoisotopic (exact) mass is 291 g/mol. The highest BCUT2D eigenvalue weighted by Crippen LogP contribution is 2.37. The van der Waals surface area contributed by atoms with Crippen LogP contribution in [0.5, 0.6) is 5.75 Å². The molecule has 22 heavy (non-hydrogen) atoms. The van der Waals surface area contributed by atoms with Crippen LogP contribution in [0.25, 0.3) is 10.9 Å². The van der Waals surface area contributed by atoms with Crippen molar-refractivity contribution in [3.63, 3.8) is 0 Å². The molecule has 2 aromatic carbocycles. The van der Waals surface area contributed by atoms with Crippen molar-refractivity contribution in [1.82, 2.24) is 4.98 Å². The van der Waals surface area contributed by atoms with E-state index in [1.165, 1.54) is 5.56 Å². The van der Waals surface area contributed by atoms with Gasteiger partial charge in [-0.05, 0) is 42.8 Å². The zero-order chi connectivity index (χ0) is 15.1. The molecule has 0 bridgehead atoms. The normalized spacial score (nSPS) is 16.3. The third-order valence-electron chi connectivity index (χ3n) is 3.95. The first-order valence-electron chi connectivity index (χ1n) is 7.41. The molecular weight excluding hydrogens is 274 g/mol. The standard InChI is InChI=1S/C18H17N3O/c1-11-10-12-4-2-7-16(18(12)22-11)21-17-9-8-13-14(19)5-3-6-15(13)20-17/h2-9,11H,10,19H2,1H3,(H,20,21). The molecule has 0 radical (unpaired) electrons. The van der Waals surface area contributed by atoms with Gasteiger partial charge in [0, 0.05) is 17.5 Å². The van der Waals surface area contributed by atoms with E-state index in [9.17, 15) is 0 Å².